The van der Waals surface area contributed by atoms with Crippen LogP contribution in [0.5, 0.6) is 0 Å². The third-order valence-electron chi connectivity index (χ3n) is 3.62. The number of imidazole rings is 1. The Kier molecular flexibility index (Phi) is 3.96. The Hall–Kier alpha value is -2.90. The van der Waals surface area contributed by atoms with Crippen LogP contribution in [0.2, 0.25) is 0 Å². The standard InChI is InChI=1S/C15H18N6O2/c1-9(14-17-10(2)19-20-14)16-13(22)7-8-21-12-6-4-3-5-11(12)18-15(21)23/h3-6,9H,7-8H2,1-2H3,(H,16,22)(H,18,23)(H,17,19,20)/t9-/m0/s1. The molecule has 0 spiro atoms. The molecule has 23 heavy (non-hydrogen) atoms. The fraction of sp³-hybridized carbons (Fsp3) is 0.333. The van der Waals surface area contributed by atoms with Crippen molar-refractivity contribution in [2.24, 2.45) is 0 Å². The van der Waals surface area contributed by atoms with Gasteiger partial charge in [0.15, 0.2) is 5.82 Å². The maximum absolute atomic E-state index is 12.1. The number of hydrogen-bond acceptors (Lipinski definition) is 4. The topological polar surface area (TPSA) is 108 Å². The van der Waals surface area contributed by atoms with E-state index in [1.165, 1.54) is 0 Å². The van der Waals surface area contributed by atoms with Crippen LogP contribution in [0, 0.1) is 6.92 Å². The minimum absolute atomic E-state index is 0.155. The zero-order chi connectivity index (χ0) is 16.4. The van der Waals surface area contributed by atoms with E-state index in [2.05, 4.69) is 25.5 Å². The Morgan fingerprint density at radius 1 is 1.39 bits per heavy atom. The number of nitrogens with zero attached hydrogens (tertiary/aromatic N) is 3. The normalized spacial score (nSPS) is 12.4. The smallest absolute Gasteiger partial charge is 0.326 e. The number of aromatic nitrogens is 5. The van der Waals surface area contributed by atoms with E-state index in [4.69, 9.17) is 0 Å². The van der Waals surface area contributed by atoms with Gasteiger partial charge in [-0.2, -0.15) is 5.10 Å². The summed E-state index contributed by atoms with van der Waals surface area (Å²) in [5, 5.41) is 9.60. The Balaban J connectivity index is 1.64. The molecule has 0 aliphatic carbocycles. The molecule has 3 N–H and O–H groups in total. The molecule has 8 nitrogen and oxygen atoms in total. The number of hydrogen-bond donors (Lipinski definition) is 3. The maximum atomic E-state index is 12.1. The van der Waals surface area contributed by atoms with Gasteiger partial charge in [0.1, 0.15) is 5.82 Å². The fourth-order valence-electron chi connectivity index (χ4n) is 2.47. The van der Waals surface area contributed by atoms with Crippen molar-refractivity contribution < 1.29 is 4.79 Å². The van der Waals surface area contributed by atoms with Crippen LogP contribution >= 0.6 is 0 Å². The molecule has 0 unspecified atom stereocenters. The first kappa shape index (κ1) is 15.0. The van der Waals surface area contributed by atoms with E-state index < -0.39 is 0 Å². The first-order valence-electron chi connectivity index (χ1n) is 7.40. The van der Waals surface area contributed by atoms with Crippen LogP contribution in [0.1, 0.15) is 31.0 Å². The molecule has 1 aromatic carbocycles. The molecule has 1 amide bonds. The molecule has 2 aromatic heterocycles. The minimum atomic E-state index is -0.285. The third kappa shape index (κ3) is 3.15. The molecule has 0 radical (unpaired) electrons. The second-order valence-electron chi connectivity index (χ2n) is 5.42. The molecule has 0 bridgehead atoms. The molecule has 8 heteroatoms. The van der Waals surface area contributed by atoms with Crippen LogP contribution in [-0.2, 0) is 11.3 Å². The molecule has 0 saturated heterocycles. The monoisotopic (exact) mass is 314 g/mol. The molecule has 1 atom stereocenters. The van der Waals surface area contributed by atoms with Crippen molar-refractivity contribution in [1.29, 1.82) is 0 Å². The molecule has 0 aliphatic rings. The molecule has 0 fully saturated rings. The van der Waals surface area contributed by atoms with Gasteiger partial charge in [-0.25, -0.2) is 9.78 Å². The predicted octanol–water partition coefficient (Wildman–Crippen LogP) is 1.02. The van der Waals surface area contributed by atoms with E-state index in [1.807, 2.05) is 31.2 Å². The molecule has 2 heterocycles. The van der Waals surface area contributed by atoms with Gasteiger partial charge in [-0.05, 0) is 26.0 Å². The highest BCUT2D eigenvalue weighted by Gasteiger charge is 2.14. The second-order valence-corrected chi connectivity index (χ2v) is 5.42. The van der Waals surface area contributed by atoms with Gasteiger partial charge in [0.05, 0.1) is 17.1 Å². The Labute approximate surface area is 131 Å². The van der Waals surface area contributed by atoms with Crippen LogP contribution in [0.15, 0.2) is 29.1 Å². The van der Waals surface area contributed by atoms with E-state index in [-0.39, 0.29) is 24.1 Å². The molecule has 3 rings (SSSR count). The Bertz CT molecular complexity index is 891. The number of para-hydroxylation sites is 2. The number of fused-ring (bicyclic) bond motifs is 1. The van der Waals surface area contributed by atoms with Crippen molar-refractivity contribution in [2.45, 2.75) is 32.9 Å². The minimum Gasteiger partial charge on any atom is -0.346 e. The number of amides is 1. The van der Waals surface area contributed by atoms with Crippen LogP contribution in [-0.4, -0.2) is 30.6 Å². The highest BCUT2D eigenvalue weighted by molar-refractivity contribution is 5.77. The number of carbonyl (C=O) groups excluding carboxylic acids is 1. The summed E-state index contributed by atoms with van der Waals surface area (Å²) in [6.45, 7) is 3.93. The van der Waals surface area contributed by atoms with Crippen LogP contribution in [0.25, 0.3) is 11.0 Å². The predicted molar refractivity (Wildman–Crippen MR) is 84.9 cm³/mol. The van der Waals surface area contributed by atoms with Crippen molar-refractivity contribution in [3.05, 3.63) is 46.4 Å². The van der Waals surface area contributed by atoms with Crippen molar-refractivity contribution in [3.63, 3.8) is 0 Å². The zero-order valence-corrected chi connectivity index (χ0v) is 13.0. The maximum Gasteiger partial charge on any atom is 0.326 e. The average Bonchev–Trinajstić information content (AvgIpc) is 3.08. The van der Waals surface area contributed by atoms with Gasteiger partial charge in [-0.3, -0.25) is 14.5 Å². The van der Waals surface area contributed by atoms with Crippen LogP contribution in [0.4, 0.5) is 0 Å². The lowest BCUT2D eigenvalue weighted by atomic mass is 10.3. The number of nitrogens with one attached hydrogen (secondary N) is 3. The first-order valence-corrected chi connectivity index (χ1v) is 7.40. The summed E-state index contributed by atoms with van der Waals surface area (Å²) in [5.41, 5.74) is 1.35. The van der Waals surface area contributed by atoms with E-state index in [0.717, 1.165) is 11.0 Å². The first-order chi connectivity index (χ1) is 11.0. The van der Waals surface area contributed by atoms with Crippen molar-refractivity contribution in [2.75, 3.05) is 0 Å². The molecular weight excluding hydrogens is 296 g/mol. The summed E-state index contributed by atoms with van der Waals surface area (Å²) in [6.07, 6.45) is 0.204. The number of carbonyl (C=O) groups is 1. The van der Waals surface area contributed by atoms with Gasteiger partial charge in [0.2, 0.25) is 5.91 Å². The molecule has 3 aromatic rings. The summed E-state index contributed by atoms with van der Waals surface area (Å²) >= 11 is 0. The lowest BCUT2D eigenvalue weighted by Gasteiger charge is -2.10. The van der Waals surface area contributed by atoms with Crippen LogP contribution < -0.4 is 11.0 Å². The number of aromatic amines is 2. The zero-order valence-electron chi connectivity index (χ0n) is 13.0. The summed E-state index contributed by atoms with van der Waals surface area (Å²) in [5.74, 6) is 1.09. The molecule has 120 valence electrons. The van der Waals surface area contributed by atoms with E-state index in [9.17, 15) is 9.59 Å². The second kappa shape index (κ2) is 6.07. The lowest BCUT2D eigenvalue weighted by Crippen LogP contribution is -2.29. The number of rotatable bonds is 5. The molecular formula is C15H18N6O2. The van der Waals surface area contributed by atoms with E-state index in [0.29, 0.717) is 18.2 Å². The summed E-state index contributed by atoms with van der Waals surface area (Å²) in [4.78, 5) is 31.0. The lowest BCUT2D eigenvalue weighted by molar-refractivity contribution is -0.122. The Morgan fingerprint density at radius 3 is 2.91 bits per heavy atom. The fourth-order valence-corrected chi connectivity index (χ4v) is 2.47. The highest BCUT2D eigenvalue weighted by atomic mass is 16.2. The molecule has 0 aliphatic heterocycles. The summed E-state index contributed by atoms with van der Waals surface area (Å²) in [7, 11) is 0. The summed E-state index contributed by atoms with van der Waals surface area (Å²) in [6, 6.07) is 7.12. The number of H-pyrrole nitrogens is 2. The van der Waals surface area contributed by atoms with Gasteiger partial charge in [-0.1, -0.05) is 12.1 Å². The molecule has 0 saturated carbocycles. The largest absolute Gasteiger partial charge is 0.346 e. The SMILES string of the molecule is Cc1nc([C@H](C)NC(=O)CCn2c(=O)[nH]c3ccccc32)n[nH]1. The highest BCUT2D eigenvalue weighted by Crippen LogP contribution is 2.10. The number of aryl methyl sites for hydroxylation is 2. The van der Waals surface area contributed by atoms with E-state index in [1.54, 1.807) is 11.5 Å². The summed E-state index contributed by atoms with van der Waals surface area (Å²) < 4.78 is 1.57. The van der Waals surface area contributed by atoms with Gasteiger partial charge in [-0.15, -0.1) is 0 Å². The van der Waals surface area contributed by atoms with Crippen molar-refractivity contribution in [3.8, 4) is 0 Å². The van der Waals surface area contributed by atoms with Gasteiger partial charge in [0.25, 0.3) is 0 Å². The van der Waals surface area contributed by atoms with Gasteiger partial charge in [0, 0.05) is 13.0 Å². The third-order valence-corrected chi connectivity index (χ3v) is 3.62. The Morgan fingerprint density at radius 2 is 2.17 bits per heavy atom. The van der Waals surface area contributed by atoms with Crippen molar-refractivity contribution in [1.82, 2.24) is 30.0 Å². The number of benzene rings is 1. The van der Waals surface area contributed by atoms with E-state index >= 15 is 0 Å². The van der Waals surface area contributed by atoms with Gasteiger partial charge < -0.3 is 10.3 Å². The van der Waals surface area contributed by atoms with Gasteiger partial charge >= 0.3 is 5.69 Å². The van der Waals surface area contributed by atoms with Crippen LogP contribution in [0.3, 0.4) is 0 Å². The quantitative estimate of drug-likeness (QED) is 0.653. The van der Waals surface area contributed by atoms with Crippen molar-refractivity contribution >= 4 is 16.9 Å². The average molecular weight is 314 g/mol.